The van der Waals surface area contributed by atoms with Gasteiger partial charge in [0.1, 0.15) is 11.3 Å². The molecule has 3 aromatic rings. The van der Waals surface area contributed by atoms with E-state index in [4.69, 9.17) is 4.84 Å². The average molecular weight is 368 g/mol. The van der Waals surface area contributed by atoms with Crippen LogP contribution in [0.1, 0.15) is 23.2 Å². The van der Waals surface area contributed by atoms with E-state index in [1.807, 2.05) is 0 Å². The number of fused-ring (bicyclic) bond motifs is 1. The van der Waals surface area contributed by atoms with Crippen LogP contribution < -0.4 is 0 Å². The minimum atomic E-state index is -1.76. The number of oxime groups is 1. The summed E-state index contributed by atoms with van der Waals surface area (Å²) in [5.41, 5.74) is 0.0699. The Bertz CT molecular complexity index is 1080. The number of aliphatic carboxylic acids is 1. The number of benzene rings is 2. The summed E-state index contributed by atoms with van der Waals surface area (Å²) >= 11 is 0. The van der Waals surface area contributed by atoms with Crippen molar-refractivity contribution in [3.63, 3.8) is 0 Å². The van der Waals surface area contributed by atoms with Crippen molar-refractivity contribution in [3.8, 4) is 0 Å². The fourth-order valence-corrected chi connectivity index (χ4v) is 3.02. The molecule has 136 valence electrons. The van der Waals surface area contributed by atoms with E-state index in [9.17, 15) is 19.1 Å². The van der Waals surface area contributed by atoms with Crippen LogP contribution in [0.25, 0.3) is 11.0 Å². The minimum absolute atomic E-state index is 0.0854. The summed E-state index contributed by atoms with van der Waals surface area (Å²) in [5, 5.41) is 21.0. The molecule has 1 aromatic heterocycles. The number of para-hydroxylation sites is 1. The second kappa shape index (κ2) is 6.27. The van der Waals surface area contributed by atoms with Gasteiger partial charge in [0.15, 0.2) is 0 Å². The van der Waals surface area contributed by atoms with Crippen molar-refractivity contribution >= 4 is 28.6 Å². The van der Waals surface area contributed by atoms with Gasteiger partial charge in [0, 0.05) is 6.42 Å². The first-order chi connectivity index (χ1) is 13.0. The zero-order valence-electron chi connectivity index (χ0n) is 13.9. The number of nitrogens with zero attached hydrogens (tertiary/aromatic N) is 4. The van der Waals surface area contributed by atoms with Crippen molar-refractivity contribution in [1.82, 2.24) is 15.0 Å². The molecule has 4 rings (SSSR count). The Balaban J connectivity index is 1.71. The van der Waals surface area contributed by atoms with Gasteiger partial charge in [0.25, 0.3) is 5.91 Å². The topological polar surface area (TPSA) is 107 Å². The highest BCUT2D eigenvalue weighted by atomic mass is 19.1. The van der Waals surface area contributed by atoms with Gasteiger partial charge in [-0.15, -0.1) is 5.10 Å². The zero-order valence-corrected chi connectivity index (χ0v) is 13.9. The molecule has 2 aromatic carbocycles. The molecule has 1 aliphatic rings. The van der Waals surface area contributed by atoms with Gasteiger partial charge in [-0.05, 0) is 29.8 Å². The molecule has 1 atom stereocenters. The van der Waals surface area contributed by atoms with E-state index in [1.165, 1.54) is 24.3 Å². The Labute approximate surface area is 151 Å². The second-order valence-electron chi connectivity index (χ2n) is 6.17. The first-order valence-electron chi connectivity index (χ1n) is 8.06. The maximum absolute atomic E-state index is 13.1. The Morgan fingerprint density at radius 3 is 2.67 bits per heavy atom. The number of aromatic nitrogens is 3. The number of carbonyl (C=O) groups is 2. The van der Waals surface area contributed by atoms with Gasteiger partial charge >= 0.3 is 5.97 Å². The number of carboxylic acids is 1. The Kier molecular flexibility index (Phi) is 3.91. The normalized spacial score (nSPS) is 18.9. The highest BCUT2D eigenvalue weighted by molar-refractivity contribution is 6.07. The Morgan fingerprint density at radius 1 is 1.19 bits per heavy atom. The summed E-state index contributed by atoms with van der Waals surface area (Å²) in [6.07, 6.45) is -0.688. The standard InChI is InChI=1S/C18H13FN4O4/c19-12-7-5-11(6-8-12)14-9-18(27-21-14,10-16(24)25)17(26)23-15-4-2-1-3-13(15)20-22-23/h1-8H,9-10H2,(H,24,25). The molecule has 0 fully saturated rings. The maximum atomic E-state index is 13.1. The molecule has 0 aliphatic carbocycles. The molecule has 9 heteroatoms. The average Bonchev–Trinajstić information content (AvgIpc) is 3.26. The van der Waals surface area contributed by atoms with E-state index in [2.05, 4.69) is 15.5 Å². The monoisotopic (exact) mass is 368 g/mol. The van der Waals surface area contributed by atoms with Gasteiger partial charge in [-0.25, -0.2) is 4.39 Å². The molecule has 0 saturated carbocycles. The molecule has 2 heterocycles. The van der Waals surface area contributed by atoms with Gasteiger partial charge < -0.3 is 9.94 Å². The third-order valence-electron chi connectivity index (χ3n) is 4.33. The molecule has 0 spiro atoms. The van der Waals surface area contributed by atoms with Crippen LogP contribution in [0.2, 0.25) is 0 Å². The van der Waals surface area contributed by atoms with Crippen LogP contribution in [0.3, 0.4) is 0 Å². The number of halogens is 1. The molecule has 1 aliphatic heterocycles. The van der Waals surface area contributed by atoms with Crippen molar-refractivity contribution in [2.45, 2.75) is 18.4 Å². The predicted octanol–water partition coefficient (Wildman–Crippen LogP) is 2.25. The summed E-state index contributed by atoms with van der Waals surface area (Å²) in [5.74, 6) is -2.32. The van der Waals surface area contributed by atoms with Crippen molar-refractivity contribution < 1.29 is 23.9 Å². The van der Waals surface area contributed by atoms with Gasteiger partial charge in [-0.3, -0.25) is 9.59 Å². The number of hydrogen-bond acceptors (Lipinski definition) is 6. The number of rotatable bonds is 4. The van der Waals surface area contributed by atoms with E-state index in [1.54, 1.807) is 24.3 Å². The summed E-state index contributed by atoms with van der Waals surface area (Å²) in [4.78, 5) is 29.9. The van der Waals surface area contributed by atoms with E-state index < -0.39 is 29.7 Å². The molecule has 0 saturated heterocycles. The Morgan fingerprint density at radius 2 is 1.93 bits per heavy atom. The largest absolute Gasteiger partial charge is 0.481 e. The van der Waals surface area contributed by atoms with E-state index in [0.29, 0.717) is 22.3 Å². The van der Waals surface area contributed by atoms with Gasteiger partial charge in [0.2, 0.25) is 5.60 Å². The molecule has 27 heavy (non-hydrogen) atoms. The van der Waals surface area contributed by atoms with Crippen LogP contribution in [0.15, 0.2) is 53.7 Å². The third kappa shape index (κ3) is 2.92. The molecule has 0 radical (unpaired) electrons. The van der Waals surface area contributed by atoms with Gasteiger partial charge in [-0.2, -0.15) is 4.68 Å². The van der Waals surface area contributed by atoms with Crippen molar-refractivity contribution in [1.29, 1.82) is 0 Å². The lowest BCUT2D eigenvalue weighted by Crippen LogP contribution is -2.44. The quantitative estimate of drug-likeness (QED) is 0.757. The van der Waals surface area contributed by atoms with Crippen LogP contribution >= 0.6 is 0 Å². The van der Waals surface area contributed by atoms with Crippen LogP contribution in [-0.2, 0) is 9.63 Å². The van der Waals surface area contributed by atoms with Gasteiger partial charge in [0.05, 0.1) is 17.6 Å². The van der Waals surface area contributed by atoms with Crippen LogP contribution in [-0.4, -0.2) is 43.3 Å². The van der Waals surface area contributed by atoms with Crippen LogP contribution in [0.4, 0.5) is 4.39 Å². The second-order valence-corrected chi connectivity index (χ2v) is 6.17. The zero-order chi connectivity index (χ0) is 19.0. The maximum Gasteiger partial charge on any atom is 0.308 e. The summed E-state index contributed by atoms with van der Waals surface area (Å²) in [6, 6.07) is 12.3. The molecule has 1 N–H and O–H groups in total. The highest BCUT2D eigenvalue weighted by Crippen LogP contribution is 2.32. The van der Waals surface area contributed by atoms with Crippen molar-refractivity contribution in [3.05, 3.63) is 59.9 Å². The molecular weight excluding hydrogens is 355 g/mol. The SMILES string of the molecule is O=C(O)CC1(C(=O)n2nnc3ccccc32)CC(c2ccc(F)cc2)=NO1. The van der Waals surface area contributed by atoms with E-state index in [-0.39, 0.29) is 6.42 Å². The minimum Gasteiger partial charge on any atom is -0.481 e. The molecule has 8 nitrogen and oxygen atoms in total. The summed E-state index contributed by atoms with van der Waals surface area (Å²) in [7, 11) is 0. The molecule has 0 amide bonds. The third-order valence-corrected chi connectivity index (χ3v) is 4.33. The lowest BCUT2D eigenvalue weighted by atomic mass is 9.90. The fourth-order valence-electron chi connectivity index (χ4n) is 3.02. The van der Waals surface area contributed by atoms with E-state index in [0.717, 1.165) is 4.68 Å². The fraction of sp³-hybridized carbons (Fsp3) is 0.167. The smallest absolute Gasteiger partial charge is 0.308 e. The Hall–Kier alpha value is -3.62. The van der Waals surface area contributed by atoms with E-state index >= 15 is 0 Å². The number of carbonyl (C=O) groups excluding carboxylic acids is 1. The lowest BCUT2D eigenvalue weighted by molar-refractivity contribution is -0.142. The lowest BCUT2D eigenvalue weighted by Gasteiger charge is -2.22. The number of hydrogen-bond donors (Lipinski definition) is 1. The summed E-state index contributed by atoms with van der Waals surface area (Å²) in [6.45, 7) is 0. The predicted molar refractivity (Wildman–Crippen MR) is 91.8 cm³/mol. The first-order valence-corrected chi connectivity index (χ1v) is 8.06. The summed E-state index contributed by atoms with van der Waals surface area (Å²) < 4.78 is 14.2. The van der Waals surface area contributed by atoms with Crippen LogP contribution in [0.5, 0.6) is 0 Å². The molecule has 1 unspecified atom stereocenters. The highest BCUT2D eigenvalue weighted by Gasteiger charge is 2.50. The van der Waals surface area contributed by atoms with Gasteiger partial charge in [-0.1, -0.05) is 34.6 Å². The van der Waals surface area contributed by atoms with Crippen molar-refractivity contribution in [2.75, 3.05) is 0 Å². The number of carboxylic acid groups (broad SMARTS) is 1. The molecule has 0 bridgehead atoms. The van der Waals surface area contributed by atoms with Crippen LogP contribution in [0, 0.1) is 5.82 Å². The first kappa shape index (κ1) is 16.8. The molecular formula is C18H13FN4O4. The van der Waals surface area contributed by atoms with Crippen molar-refractivity contribution in [2.24, 2.45) is 5.16 Å².